The summed E-state index contributed by atoms with van der Waals surface area (Å²) in [6.07, 6.45) is -0.896. The summed E-state index contributed by atoms with van der Waals surface area (Å²) in [4.78, 5) is 27.4. The number of fused-ring (bicyclic) bond motifs is 1. The zero-order valence-electron chi connectivity index (χ0n) is 15.8. The molecular formula is C23H18ClFN2O3. The zero-order chi connectivity index (χ0) is 21.1. The number of amides is 2. The average Bonchev–Trinajstić information content (AvgIpc) is 2.78. The van der Waals surface area contributed by atoms with Crippen LogP contribution in [0.25, 0.3) is 0 Å². The van der Waals surface area contributed by atoms with Gasteiger partial charge in [0.25, 0.3) is 11.8 Å². The third-order valence-electron chi connectivity index (χ3n) is 4.77. The van der Waals surface area contributed by atoms with Crippen molar-refractivity contribution in [3.63, 3.8) is 0 Å². The number of rotatable bonds is 4. The Labute approximate surface area is 178 Å². The minimum absolute atomic E-state index is 0.0380. The van der Waals surface area contributed by atoms with Crippen LogP contribution in [0.3, 0.4) is 0 Å². The van der Waals surface area contributed by atoms with Gasteiger partial charge in [0.15, 0.2) is 6.10 Å². The number of hydrogen-bond donors (Lipinski definition) is 1. The first-order chi connectivity index (χ1) is 14.5. The zero-order valence-corrected chi connectivity index (χ0v) is 16.6. The molecule has 0 saturated carbocycles. The summed E-state index contributed by atoms with van der Waals surface area (Å²) in [5.41, 5.74) is 1.76. The molecule has 1 heterocycles. The molecule has 4 rings (SSSR count). The van der Waals surface area contributed by atoms with Crippen LogP contribution in [0.2, 0.25) is 5.02 Å². The van der Waals surface area contributed by atoms with Gasteiger partial charge in [0.05, 0.1) is 12.2 Å². The normalized spacial score (nSPS) is 15.1. The number of carbonyl (C=O) groups excluding carboxylic acids is 2. The molecule has 0 spiro atoms. The van der Waals surface area contributed by atoms with E-state index in [2.05, 4.69) is 5.32 Å². The molecule has 3 aromatic rings. The molecule has 0 fully saturated rings. The fraction of sp³-hybridized carbons (Fsp3) is 0.130. The molecule has 1 unspecified atom stereocenters. The van der Waals surface area contributed by atoms with Crippen LogP contribution in [0, 0.1) is 5.82 Å². The monoisotopic (exact) mass is 424 g/mol. The molecule has 7 heteroatoms. The quantitative estimate of drug-likeness (QED) is 0.682. The number of nitrogens with zero attached hydrogens (tertiary/aromatic N) is 1. The van der Waals surface area contributed by atoms with Gasteiger partial charge in [0.1, 0.15) is 11.6 Å². The minimum atomic E-state index is -0.896. The van der Waals surface area contributed by atoms with Gasteiger partial charge in [-0.3, -0.25) is 9.59 Å². The van der Waals surface area contributed by atoms with E-state index in [9.17, 15) is 14.0 Å². The fourth-order valence-electron chi connectivity index (χ4n) is 3.23. The SMILES string of the molecule is O=C(NCc1ccc(F)cc1)C1CN(C(=O)c2ccccc2)c2cc(Cl)ccc2O1. The highest BCUT2D eigenvalue weighted by molar-refractivity contribution is 6.31. The molecule has 5 nitrogen and oxygen atoms in total. The maximum Gasteiger partial charge on any atom is 0.263 e. The molecule has 0 aliphatic carbocycles. The van der Waals surface area contributed by atoms with E-state index in [4.69, 9.17) is 16.3 Å². The maximum atomic E-state index is 13.1. The number of anilines is 1. The fourth-order valence-corrected chi connectivity index (χ4v) is 3.39. The average molecular weight is 425 g/mol. The van der Waals surface area contributed by atoms with Gasteiger partial charge in [-0.15, -0.1) is 0 Å². The van der Waals surface area contributed by atoms with E-state index in [1.807, 2.05) is 6.07 Å². The van der Waals surface area contributed by atoms with E-state index in [1.165, 1.54) is 17.0 Å². The first-order valence-corrected chi connectivity index (χ1v) is 9.74. The second-order valence-electron chi connectivity index (χ2n) is 6.84. The van der Waals surface area contributed by atoms with Crippen LogP contribution in [0.15, 0.2) is 72.8 Å². The summed E-state index contributed by atoms with van der Waals surface area (Å²) >= 11 is 6.12. The Bertz CT molecular complexity index is 1070. The number of carbonyl (C=O) groups is 2. The summed E-state index contributed by atoms with van der Waals surface area (Å²) in [5.74, 6) is -0.563. The lowest BCUT2D eigenvalue weighted by molar-refractivity contribution is -0.127. The number of nitrogens with one attached hydrogen (secondary N) is 1. The lowest BCUT2D eigenvalue weighted by atomic mass is 10.1. The summed E-state index contributed by atoms with van der Waals surface area (Å²) in [5, 5.41) is 3.24. The van der Waals surface area contributed by atoms with Crippen molar-refractivity contribution in [2.45, 2.75) is 12.6 Å². The number of ether oxygens (including phenoxy) is 1. The molecular weight excluding hydrogens is 407 g/mol. The second kappa shape index (κ2) is 8.55. The summed E-state index contributed by atoms with van der Waals surface area (Å²) in [7, 11) is 0. The van der Waals surface area contributed by atoms with E-state index in [1.54, 1.807) is 54.6 Å². The molecule has 1 aliphatic rings. The molecule has 1 aliphatic heterocycles. The highest BCUT2D eigenvalue weighted by Crippen LogP contribution is 2.36. The van der Waals surface area contributed by atoms with Gasteiger partial charge in [-0.2, -0.15) is 0 Å². The van der Waals surface area contributed by atoms with Gasteiger partial charge in [-0.25, -0.2) is 4.39 Å². The second-order valence-corrected chi connectivity index (χ2v) is 7.28. The van der Waals surface area contributed by atoms with E-state index in [-0.39, 0.29) is 30.7 Å². The first-order valence-electron chi connectivity index (χ1n) is 9.36. The molecule has 152 valence electrons. The van der Waals surface area contributed by atoms with Crippen molar-refractivity contribution in [3.8, 4) is 5.75 Å². The lowest BCUT2D eigenvalue weighted by Crippen LogP contribution is -2.50. The molecule has 0 saturated heterocycles. The van der Waals surface area contributed by atoms with Crippen molar-refractivity contribution < 1.29 is 18.7 Å². The first kappa shape index (κ1) is 19.9. The predicted octanol–water partition coefficient (Wildman–Crippen LogP) is 4.20. The Balaban J connectivity index is 1.55. The smallest absolute Gasteiger partial charge is 0.263 e. The van der Waals surface area contributed by atoms with Gasteiger partial charge in [-0.1, -0.05) is 41.9 Å². The Morgan fingerprint density at radius 2 is 1.80 bits per heavy atom. The van der Waals surface area contributed by atoms with Crippen LogP contribution >= 0.6 is 11.6 Å². The summed E-state index contributed by atoms with van der Waals surface area (Å²) in [6, 6.07) is 19.6. The van der Waals surface area contributed by atoms with E-state index in [0.717, 1.165) is 5.56 Å². The molecule has 0 radical (unpaired) electrons. The Morgan fingerprint density at radius 3 is 2.53 bits per heavy atom. The number of halogens is 2. The molecule has 30 heavy (non-hydrogen) atoms. The van der Waals surface area contributed by atoms with Crippen molar-refractivity contribution in [3.05, 3.63) is 94.8 Å². The van der Waals surface area contributed by atoms with Crippen molar-refractivity contribution in [2.24, 2.45) is 0 Å². The Kier molecular flexibility index (Phi) is 5.68. The maximum absolute atomic E-state index is 13.1. The molecule has 2 amide bonds. The number of benzene rings is 3. The van der Waals surface area contributed by atoms with Gasteiger partial charge in [0.2, 0.25) is 0 Å². The van der Waals surface area contributed by atoms with Crippen LogP contribution in [0.5, 0.6) is 5.75 Å². The van der Waals surface area contributed by atoms with Crippen LogP contribution in [0.1, 0.15) is 15.9 Å². The van der Waals surface area contributed by atoms with Gasteiger partial charge in [-0.05, 0) is 48.0 Å². The minimum Gasteiger partial charge on any atom is -0.477 e. The molecule has 3 aromatic carbocycles. The van der Waals surface area contributed by atoms with Gasteiger partial charge < -0.3 is 15.0 Å². The molecule has 0 bridgehead atoms. The third-order valence-corrected chi connectivity index (χ3v) is 5.00. The summed E-state index contributed by atoms with van der Waals surface area (Å²) in [6.45, 7) is 0.259. The Hall–Kier alpha value is -3.38. The predicted molar refractivity (Wildman–Crippen MR) is 112 cm³/mol. The number of hydrogen-bond acceptors (Lipinski definition) is 3. The highest BCUT2D eigenvalue weighted by atomic mass is 35.5. The standard InChI is InChI=1S/C23H18ClFN2O3/c24-17-8-11-20-19(12-17)27(23(29)16-4-2-1-3-5-16)14-21(30-20)22(28)26-13-15-6-9-18(25)10-7-15/h1-12,21H,13-14H2,(H,26,28). The Morgan fingerprint density at radius 1 is 1.07 bits per heavy atom. The van der Waals surface area contributed by atoms with Crippen molar-refractivity contribution >= 4 is 29.1 Å². The largest absolute Gasteiger partial charge is 0.477 e. The highest BCUT2D eigenvalue weighted by Gasteiger charge is 2.34. The third kappa shape index (κ3) is 4.28. The molecule has 1 N–H and O–H groups in total. The van der Waals surface area contributed by atoms with Crippen molar-refractivity contribution in [1.29, 1.82) is 0 Å². The van der Waals surface area contributed by atoms with Crippen LogP contribution in [-0.2, 0) is 11.3 Å². The lowest BCUT2D eigenvalue weighted by Gasteiger charge is -2.34. The van der Waals surface area contributed by atoms with Gasteiger partial charge in [0, 0.05) is 17.1 Å². The van der Waals surface area contributed by atoms with Crippen LogP contribution < -0.4 is 15.0 Å². The van der Waals surface area contributed by atoms with Crippen LogP contribution in [-0.4, -0.2) is 24.5 Å². The summed E-state index contributed by atoms with van der Waals surface area (Å²) < 4.78 is 18.9. The molecule has 1 atom stereocenters. The van der Waals surface area contributed by atoms with Crippen molar-refractivity contribution in [2.75, 3.05) is 11.4 Å². The van der Waals surface area contributed by atoms with Gasteiger partial charge >= 0.3 is 0 Å². The van der Waals surface area contributed by atoms with E-state index < -0.39 is 6.10 Å². The topological polar surface area (TPSA) is 58.6 Å². The van der Waals surface area contributed by atoms with Crippen molar-refractivity contribution in [1.82, 2.24) is 5.32 Å². The molecule has 0 aromatic heterocycles. The van der Waals surface area contributed by atoms with E-state index in [0.29, 0.717) is 22.0 Å². The van der Waals surface area contributed by atoms with Crippen LogP contribution in [0.4, 0.5) is 10.1 Å². The van der Waals surface area contributed by atoms with E-state index >= 15 is 0 Å².